The van der Waals surface area contributed by atoms with Crippen LogP contribution in [-0.2, 0) is 24.3 Å². The first-order valence-electron chi connectivity index (χ1n) is 9.71. The highest BCUT2D eigenvalue weighted by Crippen LogP contribution is 2.16. The summed E-state index contributed by atoms with van der Waals surface area (Å²) in [5.41, 5.74) is 2.02. The molecule has 0 radical (unpaired) electrons. The fourth-order valence-electron chi connectivity index (χ4n) is 3.18. The average molecular weight is 401 g/mol. The van der Waals surface area contributed by atoms with Crippen molar-refractivity contribution in [3.8, 4) is 0 Å². The maximum Gasteiger partial charge on any atom is 0.221 e. The monoisotopic (exact) mass is 400 g/mol. The van der Waals surface area contributed by atoms with E-state index in [2.05, 4.69) is 38.9 Å². The SMILES string of the molecule is CSc1nnc(CCCNC(=O)CCn2cnc3ccccc32)n1CC(C)C. The number of hydrogen-bond donors (Lipinski definition) is 1. The lowest BCUT2D eigenvalue weighted by atomic mass is 10.2. The molecular formula is C20H28N6OS. The van der Waals surface area contributed by atoms with Crippen molar-refractivity contribution in [3.63, 3.8) is 0 Å². The summed E-state index contributed by atoms with van der Waals surface area (Å²) in [6.45, 7) is 6.58. The minimum Gasteiger partial charge on any atom is -0.356 e. The number of hydrogen-bond acceptors (Lipinski definition) is 5. The highest BCUT2D eigenvalue weighted by molar-refractivity contribution is 7.98. The number of carbonyl (C=O) groups excluding carboxylic acids is 1. The van der Waals surface area contributed by atoms with Crippen LogP contribution in [-0.4, -0.2) is 43.0 Å². The van der Waals surface area contributed by atoms with E-state index in [1.807, 2.05) is 35.1 Å². The zero-order valence-electron chi connectivity index (χ0n) is 16.8. The van der Waals surface area contributed by atoms with E-state index in [0.717, 1.165) is 41.4 Å². The van der Waals surface area contributed by atoms with Crippen molar-refractivity contribution in [3.05, 3.63) is 36.4 Å². The Morgan fingerprint density at radius 1 is 1.25 bits per heavy atom. The van der Waals surface area contributed by atoms with Gasteiger partial charge in [0.2, 0.25) is 5.91 Å². The average Bonchev–Trinajstić information content (AvgIpc) is 3.27. The van der Waals surface area contributed by atoms with Crippen molar-refractivity contribution >= 4 is 28.7 Å². The molecule has 0 unspecified atom stereocenters. The third-order valence-corrected chi connectivity index (χ3v) is 5.20. The third-order valence-electron chi connectivity index (χ3n) is 4.53. The summed E-state index contributed by atoms with van der Waals surface area (Å²) in [7, 11) is 0. The van der Waals surface area contributed by atoms with Gasteiger partial charge in [0.05, 0.1) is 17.4 Å². The van der Waals surface area contributed by atoms with Gasteiger partial charge in [-0.3, -0.25) is 4.79 Å². The third kappa shape index (κ3) is 5.13. The summed E-state index contributed by atoms with van der Waals surface area (Å²) in [5, 5.41) is 12.6. The van der Waals surface area contributed by atoms with Crippen LogP contribution in [0.25, 0.3) is 11.0 Å². The van der Waals surface area contributed by atoms with Crippen molar-refractivity contribution in [2.45, 2.75) is 51.4 Å². The number of carbonyl (C=O) groups is 1. The van der Waals surface area contributed by atoms with Gasteiger partial charge in [0, 0.05) is 32.5 Å². The van der Waals surface area contributed by atoms with Gasteiger partial charge in [-0.25, -0.2) is 4.98 Å². The Labute approximate surface area is 169 Å². The summed E-state index contributed by atoms with van der Waals surface area (Å²) in [6, 6.07) is 7.96. The molecule has 2 aromatic heterocycles. The van der Waals surface area contributed by atoms with E-state index in [0.29, 0.717) is 25.4 Å². The molecule has 0 aliphatic rings. The van der Waals surface area contributed by atoms with Gasteiger partial charge in [-0.1, -0.05) is 37.7 Å². The Morgan fingerprint density at radius 3 is 2.86 bits per heavy atom. The summed E-state index contributed by atoms with van der Waals surface area (Å²) in [6.07, 6.45) is 5.93. The number of fused-ring (bicyclic) bond motifs is 1. The molecule has 2 heterocycles. The van der Waals surface area contributed by atoms with Gasteiger partial charge in [-0.2, -0.15) is 0 Å². The van der Waals surface area contributed by atoms with Gasteiger partial charge in [0.15, 0.2) is 5.16 Å². The Morgan fingerprint density at radius 2 is 2.07 bits per heavy atom. The number of aromatic nitrogens is 5. The molecule has 1 amide bonds. The molecule has 0 aliphatic carbocycles. The molecule has 7 nitrogen and oxygen atoms in total. The van der Waals surface area contributed by atoms with Gasteiger partial charge in [0.1, 0.15) is 5.82 Å². The van der Waals surface area contributed by atoms with Crippen LogP contribution in [0.2, 0.25) is 0 Å². The van der Waals surface area contributed by atoms with Gasteiger partial charge in [-0.15, -0.1) is 10.2 Å². The molecule has 150 valence electrons. The summed E-state index contributed by atoms with van der Waals surface area (Å²) in [5.74, 6) is 1.60. The van der Waals surface area contributed by atoms with Crippen LogP contribution in [0.4, 0.5) is 0 Å². The van der Waals surface area contributed by atoms with Crippen LogP contribution in [0.3, 0.4) is 0 Å². The van der Waals surface area contributed by atoms with Crippen molar-refractivity contribution in [1.29, 1.82) is 0 Å². The van der Waals surface area contributed by atoms with Crippen molar-refractivity contribution in [2.75, 3.05) is 12.8 Å². The number of benzene rings is 1. The molecule has 1 N–H and O–H groups in total. The molecule has 3 aromatic rings. The normalized spacial score (nSPS) is 11.4. The molecule has 0 fully saturated rings. The van der Waals surface area contributed by atoms with Crippen LogP contribution >= 0.6 is 11.8 Å². The standard InChI is InChI=1S/C20H28N6OS/c1-15(2)13-26-18(23-24-20(26)28-3)9-6-11-21-19(27)10-12-25-14-22-16-7-4-5-8-17(16)25/h4-5,7-8,14-15H,6,9-13H2,1-3H3,(H,21,27). The van der Waals surface area contributed by atoms with Gasteiger partial charge in [0.25, 0.3) is 0 Å². The fraction of sp³-hybridized carbons (Fsp3) is 0.500. The Bertz CT molecular complexity index is 916. The number of imidazole rings is 1. The molecule has 0 bridgehead atoms. The predicted molar refractivity (Wildman–Crippen MR) is 112 cm³/mol. The summed E-state index contributed by atoms with van der Waals surface area (Å²) in [4.78, 5) is 16.5. The minimum atomic E-state index is 0.0613. The zero-order valence-corrected chi connectivity index (χ0v) is 17.6. The molecule has 8 heteroatoms. The second-order valence-electron chi connectivity index (χ2n) is 7.24. The van der Waals surface area contributed by atoms with Crippen molar-refractivity contribution < 1.29 is 4.79 Å². The Balaban J connectivity index is 1.43. The first-order valence-corrected chi connectivity index (χ1v) is 10.9. The lowest BCUT2D eigenvalue weighted by Crippen LogP contribution is -2.26. The molecule has 28 heavy (non-hydrogen) atoms. The maximum absolute atomic E-state index is 12.2. The summed E-state index contributed by atoms with van der Waals surface area (Å²) < 4.78 is 4.22. The number of nitrogens with zero attached hydrogens (tertiary/aromatic N) is 5. The number of para-hydroxylation sites is 2. The Hall–Kier alpha value is -2.35. The molecule has 0 spiro atoms. The molecule has 0 atom stereocenters. The lowest BCUT2D eigenvalue weighted by molar-refractivity contribution is -0.121. The van der Waals surface area contributed by atoms with Gasteiger partial charge < -0.3 is 14.5 Å². The number of rotatable bonds is 10. The molecule has 0 saturated carbocycles. The highest BCUT2D eigenvalue weighted by atomic mass is 32.2. The second-order valence-corrected chi connectivity index (χ2v) is 8.01. The minimum absolute atomic E-state index is 0.0613. The highest BCUT2D eigenvalue weighted by Gasteiger charge is 2.12. The molecule has 0 aliphatic heterocycles. The molecule has 3 rings (SSSR count). The fourth-order valence-corrected chi connectivity index (χ4v) is 3.70. The molecule has 0 saturated heterocycles. The van der Waals surface area contributed by atoms with E-state index < -0.39 is 0 Å². The van der Waals surface area contributed by atoms with Crippen molar-refractivity contribution in [1.82, 2.24) is 29.6 Å². The van der Waals surface area contributed by atoms with Gasteiger partial charge >= 0.3 is 0 Å². The quantitative estimate of drug-likeness (QED) is 0.418. The second kappa shape index (κ2) is 9.73. The van der Waals surface area contributed by atoms with Crippen molar-refractivity contribution in [2.24, 2.45) is 5.92 Å². The van der Waals surface area contributed by atoms with E-state index in [4.69, 9.17) is 0 Å². The van der Waals surface area contributed by atoms with E-state index in [-0.39, 0.29) is 5.91 Å². The van der Waals surface area contributed by atoms with E-state index in [9.17, 15) is 4.79 Å². The smallest absolute Gasteiger partial charge is 0.221 e. The topological polar surface area (TPSA) is 77.6 Å². The summed E-state index contributed by atoms with van der Waals surface area (Å²) >= 11 is 1.62. The zero-order chi connectivity index (χ0) is 19.9. The van der Waals surface area contributed by atoms with E-state index in [1.54, 1.807) is 18.1 Å². The van der Waals surface area contributed by atoms with Crippen LogP contribution < -0.4 is 5.32 Å². The van der Waals surface area contributed by atoms with Gasteiger partial charge in [-0.05, 0) is 30.7 Å². The first-order chi connectivity index (χ1) is 13.6. The van der Waals surface area contributed by atoms with Crippen LogP contribution in [0.1, 0.15) is 32.5 Å². The van der Waals surface area contributed by atoms with Crippen LogP contribution in [0, 0.1) is 5.92 Å². The first kappa shape index (κ1) is 20.4. The van der Waals surface area contributed by atoms with Crippen LogP contribution in [0.5, 0.6) is 0 Å². The number of aryl methyl sites for hydroxylation is 2. The van der Waals surface area contributed by atoms with Crippen LogP contribution in [0.15, 0.2) is 35.7 Å². The predicted octanol–water partition coefficient (Wildman–Crippen LogP) is 3.14. The maximum atomic E-state index is 12.2. The largest absolute Gasteiger partial charge is 0.356 e. The number of amides is 1. The van der Waals surface area contributed by atoms with E-state index in [1.165, 1.54) is 0 Å². The Kier molecular flexibility index (Phi) is 7.08. The molecular weight excluding hydrogens is 372 g/mol. The lowest BCUT2D eigenvalue weighted by Gasteiger charge is -2.12. The number of thioether (sulfide) groups is 1. The van der Waals surface area contributed by atoms with E-state index >= 15 is 0 Å². The number of nitrogens with one attached hydrogen (secondary N) is 1. The molecule has 1 aromatic carbocycles.